The van der Waals surface area contributed by atoms with E-state index in [0.717, 1.165) is 29.7 Å². The summed E-state index contributed by atoms with van der Waals surface area (Å²) in [5, 5.41) is 0. The molecule has 1 saturated heterocycles. The molecule has 2 aliphatic heterocycles. The van der Waals surface area contributed by atoms with E-state index in [1.165, 1.54) is 0 Å². The number of nitrogens with zero attached hydrogens (tertiary/aromatic N) is 2. The van der Waals surface area contributed by atoms with Crippen molar-refractivity contribution in [3.05, 3.63) is 65.7 Å². The van der Waals surface area contributed by atoms with Crippen LogP contribution in [0.15, 0.2) is 54.6 Å². The van der Waals surface area contributed by atoms with Crippen LogP contribution in [0.1, 0.15) is 37.8 Å². The molecule has 4 nitrogen and oxygen atoms in total. The summed E-state index contributed by atoms with van der Waals surface area (Å²) in [5.74, 6) is -0.0120. The van der Waals surface area contributed by atoms with E-state index in [0.29, 0.717) is 6.54 Å². The Labute approximate surface area is 154 Å². The number of anilines is 1. The number of hydrogen-bond acceptors (Lipinski definition) is 2. The lowest BCUT2D eigenvalue weighted by molar-refractivity contribution is -0.155. The van der Waals surface area contributed by atoms with Crippen LogP contribution in [-0.4, -0.2) is 30.3 Å². The number of hydrogen-bond donors (Lipinski definition) is 0. The molecule has 1 fully saturated rings. The monoisotopic (exact) mass is 348 g/mol. The van der Waals surface area contributed by atoms with Crippen LogP contribution < -0.4 is 4.90 Å². The average molecular weight is 348 g/mol. The van der Waals surface area contributed by atoms with Crippen molar-refractivity contribution in [2.75, 3.05) is 18.5 Å². The molecule has 134 valence electrons. The number of likely N-dealkylation sites (tertiary alicyclic amines) is 1. The van der Waals surface area contributed by atoms with E-state index < -0.39 is 11.0 Å². The maximum atomic E-state index is 13.7. The summed E-state index contributed by atoms with van der Waals surface area (Å²) in [6.45, 7) is 4.55. The smallest absolute Gasteiger partial charge is 0.262 e. The Morgan fingerprint density at radius 3 is 2.27 bits per heavy atom. The van der Waals surface area contributed by atoms with E-state index in [2.05, 4.69) is 0 Å². The minimum atomic E-state index is -1.08. The number of carbonyl (C=O) groups excluding carboxylic acids is 2. The summed E-state index contributed by atoms with van der Waals surface area (Å²) < 4.78 is 0. The minimum absolute atomic E-state index is 0.0473. The van der Waals surface area contributed by atoms with Crippen molar-refractivity contribution in [2.45, 2.75) is 32.2 Å². The van der Waals surface area contributed by atoms with Crippen molar-refractivity contribution in [3.63, 3.8) is 0 Å². The SMILES string of the molecule is CN1C(=O)C(c2ccccc2)(N2CCCC(C)(C)C2=O)c2ccccc21. The fraction of sp³-hybridized carbons (Fsp3) is 0.364. The van der Waals surface area contributed by atoms with Gasteiger partial charge in [0, 0.05) is 30.3 Å². The molecule has 0 aromatic heterocycles. The Morgan fingerprint density at radius 2 is 1.54 bits per heavy atom. The standard InChI is InChI=1S/C22H24N2O2/c1-21(2)14-9-15-24(19(21)25)22(16-10-5-4-6-11-16)17-12-7-8-13-18(17)23(3)20(22)26/h4-8,10-13H,9,14-15H2,1-3H3. The van der Waals surface area contributed by atoms with Crippen LogP contribution in [0.25, 0.3) is 0 Å². The number of benzene rings is 2. The molecule has 0 spiro atoms. The van der Waals surface area contributed by atoms with Crippen LogP contribution in [0, 0.1) is 5.41 Å². The van der Waals surface area contributed by atoms with Gasteiger partial charge in [-0.05, 0) is 24.5 Å². The number of para-hydroxylation sites is 1. The molecule has 26 heavy (non-hydrogen) atoms. The Morgan fingerprint density at radius 1 is 0.885 bits per heavy atom. The number of amides is 2. The van der Waals surface area contributed by atoms with Gasteiger partial charge in [0.15, 0.2) is 5.54 Å². The van der Waals surface area contributed by atoms with Crippen LogP contribution in [0.4, 0.5) is 5.69 Å². The van der Waals surface area contributed by atoms with Crippen LogP contribution in [0.5, 0.6) is 0 Å². The van der Waals surface area contributed by atoms with Gasteiger partial charge in [-0.25, -0.2) is 0 Å². The fourth-order valence-corrected chi connectivity index (χ4v) is 4.49. The molecule has 2 heterocycles. The maximum Gasteiger partial charge on any atom is 0.262 e. The largest absolute Gasteiger partial charge is 0.320 e. The van der Waals surface area contributed by atoms with E-state index in [1.807, 2.05) is 73.3 Å². The molecule has 2 aliphatic rings. The topological polar surface area (TPSA) is 40.6 Å². The van der Waals surface area contributed by atoms with Gasteiger partial charge in [-0.1, -0.05) is 62.4 Å². The minimum Gasteiger partial charge on any atom is -0.320 e. The molecule has 0 bridgehead atoms. The highest BCUT2D eigenvalue weighted by molar-refractivity contribution is 6.11. The second-order valence-corrected chi connectivity index (χ2v) is 7.90. The number of piperidine rings is 1. The van der Waals surface area contributed by atoms with Crippen LogP contribution in [0.3, 0.4) is 0 Å². The quantitative estimate of drug-likeness (QED) is 0.833. The zero-order valence-corrected chi connectivity index (χ0v) is 15.5. The second kappa shape index (κ2) is 5.70. The summed E-state index contributed by atoms with van der Waals surface area (Å²) in [4.78, 5) is 30.6. The number of carbonyl (C=O) groups is 2. The molecule has 2 aromatic carbocycles. The van der Waals surface area contributed by atoms with Gasteiger partial charge in [0.2, 0.25) is 5.91 Å². The first-order valence-electron chi connectivity index (χ1n) is 9.16. The van der Waals surface area contributed by atoms with Gasteiger partial charge in [0.1, 0.15) is 0 Å². The lowest BCUT2D eigenvalue weighted by Gasteiger charge is -2.47. The van der Waals surface area contributed by atoms with Crippen molar-refractivity contribution in [3.8, 4) is 0 Å². The Bertz CT molecular complexity index is 875. The van der Waals surface area contributed by atoms with Gasteiger partial charge in [0.05, 0.1) is 0 Å². The van der Waals surface area contributed by atoms with Gasteiger partial charge < -0.3 is 9.80 Å². The molecule has 0 aliphatic carbocycles. The van der Waals surface area contributed by atoms with Crippen LogP contribution in [0.2, 0.25) is 0 Å². The van der Waals surface area contributed by atoms with E-state index in [-0.39, 0.29) is 11.8 Å². The third-order valence-electron chi connectivity index (χ3n) is 5.87. The van der Waals surface area contributed by atoms with E-state index in [9.17, 15) is 9.59 Å². The third-order valence-corrected chi connectivity index (χ3v) is 5.87. The zero-order valence-electron chi connectivity index (χ0n) is 15.5. The normalized spacial score (nSPS) is 24.7. The van der Waals surface area contributed by atoms with Crippen LogP contribution >= 0.6 is 0 Å². The molecule has 4 rings (SSSR count). The highest BCUT2D eigenvalue weighted by atomic mass is 16.2. The number of likely N-dealkylation sites (N-methyl/N-ethyl adjacent to an activating group) is 1. The van der Waals surface area contributed by atoms with Gasteiger partial charge in [-0.15, -0.1) is 0 Å². The van der Waals surface area contributed by atoms with Crippen molar-refractivity contribution in [1.29, 1.82) is 0 Å². The first kappa shape index (κ1) is 16.8. The third kappa shape index (κ3) is 2.08. The van der Waals surface area contributed by atoms with Gasteiger partial charge in [-0.2, -0.15) is 0 Å². The summed E-state index contributed by atoms with van der Waals surface area (Å²) in [6.07, 6.45) is 1.74. The van der Waals surface area contributed by atoms with E-state index in [4.69, 9.17) is 0 Å². The predicted molar refractivity (Wildman–Crippen MR) is 102 cm³/mol. The molecule has 0 saturated carbocycles. The Kier molecular flexibility index (Phi) is 3.69. The molecule has 0 N–H and O–H groups in total. The number of fused-ring (bicyclic) bond motifs is 1. The lowest BCUT2D eigenvalue weighted by atomic mass is 9.76. The van der Waals surface area contributed by atoms with Gasteiger partial charge >= 0.3 is 0 Å². The molecule has 4 heteroatoms. The van der Waals surface area contributed by atoms with Crippen molar-refractivity contribution in [2.24, 2.45) is 5.41 Å². The average Bonchev–Trinajstić information content (AvgIpc) is 2.87. The van der Waals surface area contributed by atoms with E-state index in [1.54, 1.807) is 11.9 Å². The second-order valence-electron chi connectivity index (χ2n) is 7.90. The van der Waals surface area contributed by atoms with Gasteiger partial charge in [-0.3, -0.25) is 9.59 Å². The van der Waals surface area contributed by atoms with Crippen molar-refractivity contribution in [1.82, 2.24) is 4.90 Å². The Hall–Kier alpha value is -2.62. The molecular formula is C22H24N2O2. The van der Waals surface area contributed by atoms with Crippen molar-refractivity contribution < 1.29 is 9.59 Å². The van der Waals surface area contributed by atoms with Crippen LogP contribution in [-0.2, 0) is 15.1 Å². The highest BCUT2D eigenvalue weighted by Crippen LogP contribution is 2.50. The lowest BCUT2D eigenvalue weighted by Crippen LogP contribution is -2.60. The zero-order chi connectivity index (χ0) is 18.5. The predicted octanol–water partition coefficient (Wildman–Crippen LogP) is 3.56. The molecule has 0 radical (unpaired) electrons. The first-order chi connectivity index (χ1) is 12.4. The summed E-state index contributed by atoms with van der Waals surface area (Å²) in [5.41, 5.74) is 1.08. The molecule has 2 aromatic rings. The fourth-order valence-electron chi connectivity index (χ4n) is 4.49. The first-order valence-corrected chi connectivity index (χ1v) is 9.16. The maximum absolute atomic E-state index is 13.7. The van der Waals surface area contributed by atoms with Crippen molar-refractivity contribution >= 4 is 17.5 Å². The highest BCUT2D eigenvalue weighted by Gasteiger charge is 2.58. The Balaban J connectivity index is 2.02. The summed E-state index contributed by atoms with van der Waals surface area (Å²) in [6, 6.07) is 17.6. The molecule has 1 atom stereocenters. The van der Waals surface area contributed by atoms with Gasteiger partial charge in [0.25, 0.3) is 5.91 Å². The molecular weight excluding hydrogens is 324 g/mol. The van der Waals surface area contributed by atoms with E-state index >= 15 is 0 Å². The molecule has 2 amide bonds. The summed E-state index contributed by atoms with van der Waals surface area (Å²) in [7, 11) is 1.80. The number of rotatable bonds is 2. The molecule has 1 unspecified atom stereocenters. The summed E-state index contributed by atoms with van der Waals surface area (Å²) >= 11 is 0.